The van der Waals surface area contributed by atoms with E-state index < -0.39 is 11.9 Å². The number of urea groups is 1. The standard InChI is InChI=1S/C23H27FN4O3/c1-31-17-11-5-14(6-12-17)13-20(22-26-19-4-2-3-18(24)21(19)28-22)27-23(30)25-15-7-9-16(29)10-8-15/h2-6,11-12,15-16,20,29H,7-10,13H2,1H3,(H,26,28)(H2,25,27,30)/t15?,16?,20-/m1/s1. The number of carbonyl (C=O) groups excluding carboxylic acids is 1. The zero-order chi connectivity index (χ0) is 21.8. The number of fused-ring (bicyclic) bond motifs is 1. The molecule has 31 heavy (non-hydrogen) atoms. The van der Waals surface area contributed by atoms with E-state index in [-0.39, 0.29) is 23.7 Å². The van der Waals surface area contributed by atoms with E-state index in [4.69, 9.17) is 4.74 Å². The molecular formula is C23H27FN4O3. The van der Waals surface area contributed by atoms with Gasteiger partial charge >= 0.3 is 6.03 Å². The third-order valence-corrected chi connectivity index (χ3v) is 5.75. The Bertz CT molecular complexity index is 1030. The first-order chi connectivity index (χ1) is 15.0. The fourth-order valence-electron chi connectivity index (χ4n) is 4.00. The summed E-state index contributed by atoms with van der Waals surface area (Å²) in [6.07, 6.45) is 3.05. The van der Waals surface area contributed by atoms with Crippen molar-refractivity contribution in [3.05, 3.63) is 59.7 Å². The largest absolute Gasteiger partial charge is 0.497 e. The number of benzene rings is 2. The number of imidazole rings is 1. The second kappa shape index (κ2) is 9.34. The number of aliphatic hydroxyl groups excluding tert-OH is 1. The van der Waals surface area contributed by atoms with Crippen molar-refractivity contribution in [3.8, 4) is 5.75 Å². The molecule has 1 saturated carbocycles. The van der Waals surface area contributed by atoms with Crippen molar-refractivity contribution in [2.24, 2.45) is 0 Å². The SMILES string of the molecule is COc1ccc(C[C@@H](NC(=O)NC2CCC(O)CC2)c2nc3c(F)cccc3[nH]2)cc1. The van der Waals surface area contributed by atoms with Crippen LogP contribution in [0.4, 0.5) is 9.18 Å². The van der Waals surface area contributed by atoms with Crippen LogP contribution in [-0.2, 0) is 6.42 Å². The summed E-state index contributed by atoms with van der Waals surface area (Å²) in [5, 5.41) is 15.6. The Labute approximate surface area is 180 Å². The van der Waals surface area contributed by atoms with Gasteiger partial charge in [-0.3, -0.25) is 0 Å². The number of amides is 2. The zero-order valence-electron chi connectivity index (χ0n) is 17.4. The molecule has 1 atom stereocenters. The van der Waals surface area contributed by atoms with Crippen molar-refractivity contribution >= 4 is 17.1 Å². The molecule has 1 fully saturated rings. The Morgan fingerprint density at radius 2 is 1.97 bits per heavy atom. The molecule has 0 aliphatic heterocycles. The third kappa shape index (κ3) is 5.14. The molecule has 2 amide bonds. The van der Waals surface area contributed by atoms with Crippen LogP contribution in [0.3, 0.4) is 0 Å². The summed E-state index contributed by atoms with van der Waals surface area (Å²) >= 11 is 0. The maximum absolute atomic E-state index is 14.2. The summed E-state index contributed by atoms with van der Waals surface area (Å²) in [7, 11) is 1.61. The molecule has 4 rings (SSSR count). The average molecular weight is 426 g/mol. The summed E-state index contributed by atoms with van der Waals surface area (Å²) in [6, 6.07) is 11.6. The lowest BCUT2D eigenvalue weighted by molar-refractivity contribution is 0.117. The highest BCUT2D eigenvalue weighted by atomic mass is 19.1. The number of rotatable bonds is 6. The van der Waals surface area contributed by atoms with Crippen molar-refractivity contribution in [1.82, 2.24) is 20.6 Å². The number of halogens is 1. The van der Waals surface area contributed by atoms with Crippen LogP contribution in [0.2, 0.25) is 0 Å². The van der Waals surface area contributed by atoms with Crippen molar-refractivity contribution < 1.29 is 19.0 Å². The van der Waals surface area contributed by atoms with Crippen LogP contribution >= 0.6 is 0 Å². The minimum atomic E-state index is -0.477. The molecule has 1 aromatic heterocycles. The van der Waals surface area contributed by atoms with Gasteiger partial charge in [0.1, 0.15) is 17.1 Å². The first kappa shape index (κ1) is 21.1. The molecule has 8 heteroatoms. The van der Waals surface area contributed by atoms with Gasteiger partial charge in [0.15, 0.2) is 5.82 Å². The summed E-state index contributed by atoms with van der Waals surface area (Å²) in [5.74, 6) is 0.829. The van der Waals surface area contributed by atoms with Crippen LogP contribution < -0.4 is 15.4 Å². The number of ether oxygens (including phenoxy) is 1. The monoisotopic (exact) mass is 426 g/mol. The van der Waals surface area contributed by atoms with Crippen LogP contribution in [0.25, 0.3) is 11.0 Å². The Kier molecular flexibility index (Phi) is 6.36. The molecule has 7 nitrogen and oxygen atoms in total. The van der Waals surface area contributed by atoms with Crippen molar-refractivity contribution in [3.63, 3.8) is 0 Å². The minimum Gasteiger partial charge on any atom is -0.497 e. The zero-order valence-corrected chi connectivity index (χ0v) is 17.4. The van der Waals surface area contributed by atoms with Gasteiger partial charge in [0.2, 0.25) is 0 Å². The van der Waals surface area contributed by atoms with Gasteiger partial charge in [0.05, 0.1) is 24.8 Å². The molecule has 0 bridgehead atoms. The predicted molar refractivity (Wildman–Crippen MR) is 115 cm³/mol. The van der Waals surface area contributed by atoms with Crippen LogP contribution in [0.15, 0.2) is 42.5 Å². The number of aromatic amines is 1. The van der Waals surface area contributed by atoms with Crippen molar-refractivity contribution in [1.29, 1.82) is 0 Å². The quantitative estimate of drug-likeness (QED) is 0.484. The number of methoxy groups -OCH3 is 1. The van der Waals surface area contributed by atoms with E-state index in [0.717, 1.165) is 24.2 Å². The first-order valence-corrected chi connectivity index (χ1v) is 10.5. The van der Waals surface area contributed by atoms with Crippen molar-refractivity contribution in [2.45, 2.75) is 50.3 Å². The second-order valence-electron chi connectivity index (χ2n) is 7.99. The van der Waals surface area contributed by atoms with Gasteiger partial charge in [-0.05, 0) is 61.9 Å². The summed E-state index contributed by atoms with van der Waals surface area (Å²) in [5.41, 5.74) is 1.81. The maximum atomic E-state index is 14.2. The molecule has 4 N–H and O–H groups in total. The van der Waals surface area contributed by atoms with Crippen LogP contribution in [-0.4, -0.2) is 40.4 Å². The van der Waals surface area contributed by atoms with Gasteiger partial charge in [0, 0.05) is 6.04 Å². The fraction of sp³-hybridized carbons (Fsp3) is 0.391. The van der Waals surface area contributed by atoms with E-state index in [1.807, 2.05) is 24.3 Å². The second-order valence-corrected chi connectivity index (χ2v) is 7.99. The summed E-state index contributed by atoms with van der Waals surface area (Å²) < 4.78 is 19.4. The Balaban J connectivity index is 1.53. The van der Waals surface area contributed by atoms with Gasteiger partial charge in [-0.15, -0.1) is 0 Å². The maximum Gasteiger partial charge on any atom is 0.315 e. The van der Waals surface area contributed by atoms with Gasteiger partial charge < -0.3 is 25.5 Å². The number of carbonyl (C=O) groups is 1. The Hall–Kier alpha value is -3.13. The molecule has 1 heterocycles. The van der Waals surface area contributed by atoms with E-state index in [2.05, 4.69) is 20.6 Å². The van der Waals surface area contributed by atoms with Crippen LogP contribution in [0.5, 0.6) is 5.75 Å². The predicted octanol–water partition coefficient (Wildman–Crippen LogP) is 3.60. The molecule has 1 aliphatic rings. The highest BCUT2D eigenvalue weighted by molar-refractivity contribution is 5.77. The van der Waals surface area contributed by atoms with Crippen LogP contribution in [0.1, 0.15) is 43.1 Å². The summed E-state index contributed by atoms with van der Waals surface area (Å²) in [4.78, 5) is 20.3. The van der Waals surface area contributed by atoms with E-state index in [1.54, 1.807) is 19.2 Å². The van der Waals surface area contributed by atoms with Gasteiger partial charge in [0.25, 0.3) is 0 Å². The number of aliphatic hydroxyl groups is 1. The average Bonchev–Trinajstić information content (AvgIpc) is 3.21. The summed E-state index contributed by atoms with van der Waals surface area (Å²) in [6.45, 7) is 0. The normalized spacial score (nSPS) is 19.7. The van der Waals surface area contributed by atoms with Crippen LogP contribution in [0, 0.1) is 5.82 Å². The number of hydrogen-bond acceptors (Lipinski definition) is 4. The molecule has 1 aliphatic carbocycles. The van der Waals surface area contributed by atoms with Crippen molar-refractivity contribution in [2.75, 3.05) is 7.11 Å². The van der Waals surface area contributed by atoms with Gasteiger partial charge in [-0.2, -0.15) is 0 Å². The first-order valence-electron chi connectivity index (χ1n) is 10.5. The fourth-order valence-corrected chi connectivity index (χ4v) is 4.00. The number of nitrogens with zero attached hydrogens (tertiary/aromatic N) is 1. The third-order valence-electron chi connectivity index (χ3n) is 5.75. The topological polar surface area (TPSA) is 99.3 Å². The molecule has 0 unspecified atom stereocenters. The van der Waals surface area contributed by atoms with E-state index in [1.165, 1.54) is 6.07 Å². The minimum absolute atomic E-state index is 0.0261. The molecule has 3 aromatic rings. The molecule has 0 spiro atoms. The van der Waals surface area contributed by atoms with E-state index in [9.17, 15) is 14.3 Å². The molecule has 0 saturated heterocycles. The molecular weight excluding hydrogens is 399 g/mol. The van der Waals surface area contributed by atoms with Gasteiger partial charge in [-0.1, -0.05) is 18.2 Å². The lowest BCUT2D eigenvalue weighted by Crippen LogP contribution is -2.45. The van der Waals surface area contributed by atoms with E-state index >= 15 is 0 Å². The Morgan fingerprint density at radius 3 is 2.65 bits per heavy atom. The smallest absolute Gasteiger partial charge is 0.315 e. The number of aromatic nitrogens is 2. The molecule has 2 aromatic carbocycles. The molecule has 164 valence electrons. The van der Waals surface area contributed by atoms with E-state index in [0.29, 0.717) is 30.6 Å². The number of para-hydroxylation sites is 1. The number of H-pyrrole nitrogens is 1. The lowest BCUT2D eigenvalue weighted by atomic mass is 9.93. The number of nitrogens with one attached hydrogen (secondary N) is 3. The molecule has 0 radical (unpaired) electrons. The Morgan fingerprint density at radius 1 is 1.23 bits per heavy atom. The highest BCUT2D eigenvalue weighted by Gasteiger charge is 2.24. The van der Waals surface area contributed by atoms with Gasteiger partial charge in [-0.25, -0.2) is 14.2 Å². The lowest BCUT2D eigenvalue weighted by Gasteiger charge is -2.27. The highest BCUT2D eigenvalue weighted by Crippen LogP contribution is 2.23. The number of hydrogen-bond donors (Lipinski definition) is 4.